The van der Waals surface area contributed by atoms with Crippen LogP contribution in [0.2, 0.25) is 0 Å². The second kappa shape index (κ2) is 7.95. The molecule has 0 aliphatic heterocycles. The zero-order chi connectivity index (χ0) is 16.0. The number of rotatable bonds is 6. The van der Waals surface area contributed by atoms with Gasteiger partial charge in [0.1, 0.15) is 0 Å². The molecule has 0 radical (unpaired) electrons. The first-order valence-electron chi connectivity index (χ1n) is 8.84. The van der Waals surface area contributed by atoms with Crippen molar-refractivity contribution in [2.75, 3.05) is 6.54 Å². The second-order valence-electron chi connectivity index (χ2n) is 6.89. The van der Waals surface area contributed by atoms with Crippen LogP contribution in [0.5, 0.6) is 0 Å². The predicted molar refractivity (Wildman–Crippen MR) is 85.2 cm³/mol. The van der Waals surface area contributed by atoms with E-state index in [1.807, 2.05) is 6.92 Å². The topological polar surface area (TPSA) is 78.4 Å². The molecule has 126 valence electrons. The van der Waals surface area contributed by atoms with Crippen LogP contribution < -0.4 is 10.6 Å². The van der Waals surface area contributed by atoms with Crippen molar-refractivity contribution in [3.63, 3.8) is 0 Å². The molecule has 1 atom stereocenters. The summed E-state index contributed by atoms with van der Waals surface area (Å²) in [6, 6.07) is 0.272. The van der Waals surface area contributed by atoms with E-state index in [0.717, 1.165) is 32.1 Å². The first kappa shape index (κ1) is 17.3. The third-order valence-corrected chi connectivity index (χ3v) is 5.24. The number of amides is 2. The maximum atomic E-state index is 12.4. The molecule has 0 aromatic carbocycles. The van der Waals surface area contributed by atoms with Crippen LogP contribution in [-0.2, 0) is 9.59 Å². The minimum atomic E-state index is -0.890. The summed E-state index contributed by atoms with van der Waals surface area (Å²) < 4.78 is 0. The van der Waals surface area contributed by atoms with Crippen molar-refractivity contribution < 1.29 is 14.7 Å². The molecule has 0 spiro atoms. The molecule has 2 amide bonds. The average molecular weight is 310 g/mol. The van der Waals surface area contributed by atoms with Gasteiger partial charge in [0.25, 0.3) is 0 Å². The molecule has 0 aromatic rings. The molecular formula is C17H30N2O3. The molecule has 2 saturated carbocycles. The summed E-state index contributed by atoms with van der Waals surface area (Å²) in [5.74, 6) is -0.716. The summed E-state index contributed by atoms with van der Waals surface area (Å²) in [7, 11) is 0. The summed E-state index contributed by atoms with van der Waals surface area (Å²) in [5.41, 5.74) is -0.890. The Morgan fingerprint density at radius 2 is 1.77 bits per heavy atom. The van der Waals surface area contributed by atoms with Crippen molar-refractivity contribution in [3.8, 4) is 0 Å². The molecular weight excluding hydrogens is 280 g/mol. The molecule has 1 unspecified atom stereocenters. The minimum Gasteiger partial charge on any atom is -0.389 e. The van der Waals surface area contributed by atoms with Crippen molar-refractivity contribution >= 4 is 11.8 Å². The Balaban J connectivity index is 1.79. The number of carbonyl (C=O) groups is 2. The number of carbonyl (C=O) groups excluding carboxylic acids is 2. The van der Waals surface area contributed by atoms with Crippen molar-refractivity contribution in [1.82, 2.24) is 10.6 Å². The van der Waals surface area contributed by atoms with Crippen LogP contribution in [0.4, 0.5) is 0 Å². The first-order valence-corrected chi connectivity index (χ1v) is 8.84. The average Bonchev–Trinajstić information content (AvgIpc) is 2.99. The van der Waals surface area contributed by atoms with Gasteiger partial charge >= 0.3 is 0 Å². The van der Waals surface area contributed by atoms with Gasteiger partial charge in [-0.2, -0.15) is 0 Å². The monoisotopic (exact) mass is 310 g/mol. The quantitative estimate of drug-likeness (QED) is 0.701. The van der Waals surface area contributed by atoms with Gasteiger partial charge < -0.3 is 15.7 Å². The fourth-order valence-corrected chi connectivity index (χ4v) is 3.96. The van der Waals surface area contributed by atoms with Crippen molar-refractivity contribution in [2.24, 2.45) is 5.92 Å². The molecule has 0 aromatic heterocycles. The van der Waals surface area contributed by atoms with Gasteiger partial charge in [0.15, 0.2) is 0 Å². The van der Waals surface area contributed by atoms with Gasteiger partial charge in [0.05, 0.1) is 18.1 Å². The summed E-state index contributed by atoms with van der Waals surface area (Å²) >= 11 is 0. The van der Waals surface area contributed by atoms with Crippen molar-refractivity contribution in [2.45, 2.75) is 82.8 Å². The van der Waals surface area contributed by atoms with Gasteiger partial charge in [0.2, 0.25) is 11.8 Å². The van der Waals surface area contributed by atoms with E-state index in [1.54, 1.807) is 0 Å². The Morgan fingerprint density at radius 1 is 1.14 bits per heavy atom. The van der Waals surface area contributed by atoms with E-state index in [1.165, 1.54) is 12.8 Å². The highest BCUT2D eigenvalue weighted by atomic mass is 16.3. The lowest BCUT2D eigenvalue weighted by atomic mass is 9.74. The van der Waals surface area contributed by atoms with Crippen LogP contribution >= 0.6 is 0 Å². The lowest BCUT2D eigenvalue weighted by Crippen LogP contribution is -2.50. The molecule has 5 heteroatoms. The highest BCUT2D eigenvalue weighted by molar-refractivity contribution is 5.86. The van der Waals surface area contributed by atoms with Crippen molar-refractivity contribution in [3.05, 3.63) is 0 Å². The fraction of sp³-hybridized carbons (Fsp3) is 0.882. The Hall–Kier alpha value is -1.10. The summed E-state index contributed by atoms with van der Waals surface area (Å²) in [6.45, 7) is 1.94. The van der Waals surface area contributed by atoms with Crippen LogP contribution in [0.25, 0.3) is 0 Å². The van der Waals surface area contributed by atoms with Gasteiger partial charge in [-0.3, -0.25) is 9.59 Å². The van der Waals surface area contributed by atoms with Gasteiger partial charge in [-0.05, 0) is 32.1 Å². The lowest BCUT2D eigenvalue weighted by Gasteiger charge is -2.38. The SMILES string of the molecule is CCC(C(=O)NCC(=O)NC1CCCC1)C1(O)CCCCC1. The Labute approximate surface area is 133 Å². The smallest absolute Gasteiger partial charge is 0.239 e. The van der Waals surface area contributed by atoms with E-state index in [0.29, 0.717) is 19.3 Å². The standard InChI is InChI=1S/C17H30N2O3/c1-2-14(17(22)10-6-3-7-11-17)16(21)18-12-15(20)19-13-8-4-5-9-13/h13-14,22H,2-12H2,1H3,(H,18,21)(H,19,20). The number of nitrogens with one attached hydrogen (secondary N) is 2. The zero-order valence-corrected chi connectivity index (χ0v) is 13.7. The third kappa shape index (κ3) is 4.45. The molecule has 0 bridgehead atoms. The fourth-order valence-electron chi connectivity index (χ4n) is 3.96. The van der Waals surface area contributed by atoms with E-state index in [4.69, 9.17) is 0 Å². The van der Waals surface area contributed by atoms with Gasteiger partial charge in [-0.25, -0.2) is 0 Å². The highest BCUT2D eigenvalue weighted by Gasteiger charge is 2.40. The Bertz CT molecular complexity index is 385. The number of hydrogen-bond acceptors (Lipinski definition) is 3. The van der Waals surface area contributed by atoms with E-state index >= 15 is 0 Å². The molecule has 0 saturated heterocycles. The molecule has 2 fully saturated rings. The van der Waals surface area contributed by atoms with Crippen LogP contribution in [-0.4, -0.2) is 35.1 Å². The van der Waals surface area contributed by atoms with Crippen molar-refractivity contribution in [1.29, 1.82) is 0 Å². The Kier molecular flexibility index (Phi) is 6.24. The zero-order valence-electron chi connectivity index (χ0n) is 13.7. The number of hydrogen-bond donors (Lipinski definition) is 3. The normalized spacial score (nSPS) is 23.0. The summed E-state index contributed by atoms with van der Waals surface area (Å²) in [6.07, 6.45) is 9.47. The maximum Gasteiger partial charge on any atom is 0.239 e. The largest absolute Gasteiger partial charge is 0.389 e. The first-order chi connectivity index (χ1) is 10.5. The van der Waals surface area contributed by atoms with E-state index in [-0.39, 0.29) is 24.4 Å². The molecule has 2 rings (SSSR count). The summed E-state index contributed by atoms with van der Waals surface area (Å²) in [5, 5.41) is 16.4. The van der Waals surface area contributed by atoms with Gasteiger partial charge in [0, 0.05) is 6.04 Å². The second-order valence-corrected chi connectivity index (χ2v) is 6.89. The molecule has 0 heterocycles. The molecule has 2 aliphatic carbocycles. The van der Waals surface area contributed by atoms with Gasteiger partial charge in [-0.15, -0.1) is 0 Å². The van der Waals surface area contributed by atoms with E-state index in [2.05, 4.69) is 10.6 Å². The predicted octanol–water partition coefficient (Wildman–Crippen LogP) is 1.88. The Morgan fingerprint density at radius 3 is 2.36 bits per heavy atom. The number of aliphatic hydroxyl groups is 1. The molecule has 5 nitrogen and oxygen atoms in total. The highest BCUT2D eigenvalue weighted by Crippen LogP contribution is 2.36. The van der Waals surface area contributed by atoms with Gasteiger partial charge in [-0.1, -0.05) is 39.0 Å². The maximum absolute atomic E-state index is 12.4. The lowest BCUT2D eigenvalue weighted by molar-refractivity contribution is -0.139. The molecule has 22 heavy (non-hydrogen) atoms. The van der Waals surface area contributed by atoms with Crippen LogP contribution in [0.1, 0.15) is 71.1 Å². The molecule has 2 aliphatic rings. The van der Waals surface area contributed by atoms with Crippen LogP contribution in [0.3, 0.4) is 0 Å². The van der Waals surface area contributed by atoms with E-state index < -0.39 is 11.5 Å². The summed E-state index contributed by atoms with van der Waals surface area (Å²) in [4.78, 5) is 24.3. The van der Waals surface area contributed by atoms with E-state index in [9.17, 15) is 14.7 Å². The third-order valence-electron chi connectivity index (χ3n) is 5.24. The minimum absolute atomic E-state index is 0.0158. The molecule has 3 N–H and O–H groups in total. The van der Waals surface area contributed by atoms with Crippen LogP contribution in [0, 0.1) is 5.92 Å². The van der Waals surface area contributed by atoms with Crippen LogP contribution in [0.15, 0.2) is 0 Å².